The molecule has 1 aliphatic carbocycles. The number of aliphatic hydroxyl groups excluding tert-OH is 2. The molecular weight excluding hydrogens is 352 g/mol. The maximum absolute atomic E-state index is 10.5. The molecule has 4 heteroatoms. The van der Waals surface area contributed by atoms with E-state index in [1.54, 1.807) is 0 Å². The maximum atomic E-state index is 10.5. The van der Waals surface area contributed by atoms with E-state index in [-0.39, 0.29) is 30.5 Å². The summed E-state index contributed by atoms with van der Waals surface area (Å²) in [6.07, 6.45) is 20.3. The first-order valence-electron chi connectivity index (χ1n) is 11.8. The molecule has 0 radical (unpaired) electrons. The summed E-state index contributed by atoms with van der Waals surface area (Å²) >= 11 is 0. The van der Waals surface area contributed by atoms with Crippen molar-refractivity contribution in [3.05, 3.63) is 12.2 Å². The van der Waals surface area contributed by atoms with Gasteiger partial charge in [-0.3, -0.25) is 4.79 Å². The fraction of sp³-hybridized carbons (Fsp3) is 0.875. The topological polar surface area (TPSA) is 77.8 Å². The summed E-state index contributed by atoms with van der Waals surface area (Å²) in [5.74, 6) is -0.301. The van der Waals surface area contributed by atoms with E-state index in [4.69, 9.17) is 5.11 Å². The van der Waals surface area contributed by atoms with Gasteiger partial charge < -0.3 is 15.3 Å². The normalized spacial score (nSPS) is 25.0. The van der Waals surface area contributed by atoms with Crippen molar-refractivity contribution in [2.75, 3.05) is 0 Å². The number of allylic oxidation sites excluding steroid dienone is 2. The van der Waals surface area contributed by atoms with Crippen LogP contribution in [0.25, 0.3) is 0 Å². The van der Waals surface area contributed by atoms with Crippen LogP contribution in [0.2, 0.25) is 0 Å². The summed E-state index contributed by atoms with van der Waals surface area (Å²) in [5, 5.41) is 29.3. The molecule has 4 atom stereocenters. The molecule has 0 spiro atoms. The average molecular weight is 397 g/mol. The Morgan fingerprint density at radius 1 is 0.821 bits per heavy atom. The van der Waals surface area contributed by atoms with Crippen LogP contribution in [-0.2, 0) is 4.79 Å². The molecule has 1 rings (SSSR count). The molecule has 1 fully saturated rings. The van der Waals surface area contributed by atoms with Crippen molar-refractivity contribution in [3.63, 3.8) is 0 Å². The Bertz CT molecular complexity index is 421. The Labute approximate surface area is 172 Å². The van der Waals surface area contributed by atoms with Crippen molar-refractivity contribution in [1.29, 1.82) is 0 Å². The van der Waals surface area contributed by atoms with E-state index in [9.17, 15) is 15.0 Å². The molecule has 0 aromatic heterocycles. The van der Waals surface area contributed by atoms with Gasteiger partial charge in [0.15, 0.2) is 0 Å². The Hall–Kier alpha value is -0.870. The van der Waals surface area contributed by atoms with Gasteiger partial charge in [0.25, 0.3) is 0 Å². The Kier molecular flexibility index (Phi) is 14.4. The number of carbonyl (C=O) groups is 1. The minimum Gasteiger partial charge on any atom is -0.481 e. The third-order valence-electron chi connectivity index (χ3n) is 6.25. The number of hydrogen-bond acceptors (Lipinski definition) is 3. The lowest BCUT2D eigenvalue weighted by atomic mass is 9.86. The lowest BCUT2D eigenvalue weighted by molar-refractivity contribution is -0.137. The monoisotopic (exact) mass is 396 g/mol. The Morgan fingerprint density at radius 3 is 2.11 bits per heavy atom. The van der Waals surface area contributed by atoms with Crippen molar-refractivity contribution in [3.8, 4) is 0 Å². The highest BCUT2D eigenvalue weighted by Gasteiger charge is 2.40. The first-order chi connectivity index (χ1) is 13.6. The highest BCUT2D eigenvalue weighted by Crippen LogP contribution is 2.38. The van der Waals surface area contributed by atoms with Crippen LogP contribution in [0.4, 0.5) is 0 Å². The lowest BCUT2D eigenvalue weighted by Gasteiger charge is -2.22. The van der Waals surface area contributed by atoms with Gasteiger partial charge in [-0.2, -0.15) is 0 Å². The van der Waals surface area contributed by atoms with Crippen molar-refractivity contribution in [1.82, 2.24) is 0 Å². The third-order valence-corrected chi connectivity index (χ3v) is 6.25. The average Bonchev–Trinajstić information content (AvgIpc) is 2.92. The molecule has 28 heavy (non-hydrogen) atoms. The number of hydrogen-bond donors (Lipinski definition) is 3. The minimum absolute atomic E-state index is 0.183. The molecule has 3 N–H and O–H groups in total. The predicted octanol–water partition coefficient (Wildman–Crippen LogP) is 5.86. The zero-order valence-corrected chi connectivity index (χ0v) is 18.0. The molecule has 0 saturated heterocycles. The Balaban J connectivity index is 2.18. The first kappa shape index (κ1) is 25.2. The van der Waals surface area contributed by atoms with E-state index in [0.717, 1.165) is 44.9 Å². The van der Waals surface area contributed by atoms with Gasteiger partial charge in [0.1, 0.15) is 0 Å². The van der Waals surface area contributed by atoms with Crippen LogP contribution < -0.4 is 0 Å². The predicted molar refractivity (Wildman–Crippen MR) is 115 cm³/mol. The zero-order chi connectivity index (χ0) is 20.6. The molecule has 0 aromatic carbocycles. The van der Waals surface area contributed by atoms with Gasteiger partial charge in [-0.25, -0.2) is 0 Å². The summed E-state index contributed by atoms with van der Waals surface area (Å²) in [6, 6.07) is 0. The van der Waals surface area contributed by atoms with Gasteiger partial charge in [-0.1, -0.05) is 76.9 Å². The smallest absolute Gasteiger partial charge is 0.303 e. The second-order valence-corrected chi connectivity index (χ2v) is 8.66. The molecular formula is C24H44O4. The molecule has 0 amide bonds. The summed E-state index contributed by atoms with van der Waals surface area (Å²) in [7, 11) is 0. The standard InChI is InChI=1S/C24H44O4/c1-2-3-4-5-6-7-10-13-16-20-21(23(26)19-22(20)25)17-14-11-8-9-12-15-18-24(27)28/h11,14,20-23,25-26H,2-10,12-13,15-19H2,1H3,(H,27,28)/b14-11-/t20-,21-,22-,23-/m1/s1. The van der Waals surface area contributed by atoms with Gasteiger partial charge in [0, 0.05) is 6.42 Å². The zero-order valence-electron chi connectivity index (χ0n) is 18.0. The van der Waals surface area contributed by atoms with Gasteiger partial charge in [-0.05, 0) is 50.4 Å². The summed E-state index contributed by atoms with van der Waals surface area (Å²) in [4.78, 5) is 10.5. The molecule has 1 aliphatic rings. The van der Waals surface area contributed by atoms with Crippen LogP contribution in [0.3, 0.4) is 0 Å². The first-order valence-corrected chi connectivity index (χ1v) is 11.8. The molecule has 0 unspecified atom stereocenters. The van der Waals surface area contributed by atoms with E-state index >= 15 is 0 Å². The lowest BCUT2D eigenvalue weighted by Crippen LogP contribution is -2.21. The van der Waals surface area contributed by atoms with E-state index in [0.29, 0.717) is 6.42 Å². The van der Waals surface area contributed by atoms with Crippen molar-refractivity contribution >= 4 is 5.97 Å². The molecule has 0 aliphatic heterocycles. The molecule has 164 valence electrons. The minimum atomic E-state index is -0.716. The highest BCUT2D eigenvalue weighted by molar-refractivity contribution is 5.66. The van der Waals surface area contributed by atoms with Crippen LogP contribution >= 0.6 is 0 Å². The van der Waals surface area contributed by atoms with Crippen molar-refractivity contribution in [2.24, 2.45) is 11.8 Å². The van der Waals surface area contributed by atoms with Crippen molar-refractivity contribution < 1.29 is 20.1 Å². The van der Waals surface area contributed by atoms with Crippen LogP contribution in [0.1, 0.15) is 110 Å². The molecule has 0 aromatic rings. The number of rotatable bonds is 17. The quantitative estimate of drug-likeness (QED) is 0.213. The van der Waals surface area contributed by atoms with Crippen LogP contribution in [0.5, 0.6) is 0 Å². The third kappa shape index (κ3) is 11.2. The van der Waals surface area contributed by atoms with E-state index < -0.39 is 5.97 Å². The largest absolute Gasteiger partial charge is 0.481 e. The van der Waals surface area contributed by atoms with Gasteiger partial charge >= 0.3 is 5.97 Å². The maximum Gasteiger partial charge on any atom is 0.303 e. The summed E-state index contributed by atoms with van der Waals surface area (Å²) in [6.45, 7) is 2.25. The number of aliphatic carboxylic acids is 1. The summed E-state index contributed by atoms with van der Waals surface area (Å²) < 4.78 is 0. The number of carboxylic acid groups (broad SMARTS) is 1. The van der Waals surface area contributed by atoms with Crippen molar-refractivity contribution in [2.45, 2.75) is 122 Å². The van der Waals surface area contributed by atoms with Gasteiger partial charge in [0.2, 0.25) is 0 Å². The van der Waals surface area contributed by atoms with Crippen LogP contribution in [0, 0.1) is 11.8 Å². The van der Waals surface area contributed by atoms with Crippen LogP contribution in [0.15, 0.2) is 12.2 Å². The second-order valence-electron chi connectivity index (χ2n) is 8.66. The molecule has 1 saturated carbocycles. The van der Waals surface area contributed by atoms with Gasteiger partial charge in [0.05, 0.1) is 12.2 Å². The van der Waals surface area contributed by atoms with Gasteiger partial charge in [-0.15, -0.1) is 0 Å². The summed E-state index contributed by atoms with van der Waals surface area (Å²) in [5.41, 5.74) is 0. The molecule has 0 heterocycles. The second kappa shape index (κ2) is 16.0. The van der Waals surface area contributed by atoms with E-state index in [2.05, 4.69) is 19.1 Å². The number of carboxylic acids is 1. The van der Waals surface area contributed by atoms with E-state index in [1.807, 2.05) is 0 Å². The van der Waals surface area contributed by atoms with Crippen LogP contribution in [-0.4, -0.2) is 33.5 Å². The number of unbranched alkanes of at least 4 members (excludes halogenated alkanes) is 10. The number of aliphatic hydroxyl groups is 2. The van der Waals surface area contributed by atoms with E-state index in [1.165, 1.54) is 44.9 Å². The highest BCUT2D eigenvalue weighted by atomic mass is 16.4. The fourth-order valence-corrected chi connectivity index (χ4v) is 4.51. The SMILES string of the molecule is CCCCCCCCCC[C@@H]1[C@@H](C/C=C\CCCCCC(=O)O)[C@H](O)C[C@H]1O. The fourth-order valence-electron chi connectivity index (χ4n) is 4.51. The Morgan fingerprint density at radius 2 is 1.43 bits per heavy atom. The molecule has 0 bridgehead atoms. The molecule has 4 nitrogen and oxygen atoms in total.